The monoisotopic (exact) mass is 456 g/mol. The van der Waals surface area contributed by atoms with E-state index in [2.05, 4.69) is 62.7 Å². The van der Waals surface area contributed by atoms with Crippen LogP contribution >= 0.6 is 0 Å². The van der Waals surface area contributed by atoms with Crippen LogP contribution in [0.25, 0.3) is 10.9 Å². The van der Waals surface area contributed by atoms with Crippen molar-refractivity contribution in [3.63, 3.8) is 0 Å². The fourth-order valence-corrected chi connectivity index (χ4v) is 5.50. The van der Waals surface area contributed by atoms with Gasteiger partial charge >= 0.3 is 0 Å². The lowest BCUT2D eigenvalue weighted by molar-refractivity contribution is 0.0924. The molecule has 0 radical (unpaired) electrons. The number of hydrogen-bond donors (Lipinski definition) is 1. The molecule has 8 nitrogen and oxygen atoms in total. The summed E-state index contributed by atoms with van der Waals surface area (Å²) in [6.07, 6.45) is 3.05. The third-order valence-electron chi connectivity index (χ3n) is 7.06. The highest BCUT2D eigenvalue weighted by molar-refractivity contribution is 5.83. The summed E-state index contributed by atoms with van der Waals surface area (Å²) in [5.41, 5.74) is 6.03. The van der Waals surface area contributed by atoms with Crippen molar-refractivity contribution in [2.24, 2.45) is 0 Å². The van der Waals surface area contributed by atoms with Gasteiger partial charge in [0.25, 0.3) is 5.56 Å². The van der Waals surface area contributed by atoms with Gasteiger partial charge in [0.15, 0.2) is 5.82 Å². The van der Waals surface area contributed by atoms with Crippen molar-refractivity contribution in [2.45, 2.75) is 51.8 Å². The number of fused-ring (bicyclic) bond motifs is 2. The molecular formula is C26H28N6O2. The molecule has 4 aromatic rings. The van der Waals surface area contributed by atoms with Crippen LogP contribution in [0, 0.1) is 13.8 Å². The van der Waals surface area contributed by atoms with Crippen molar-refractivity contribution in [3.8, 4) is 0 Å². The van der Waals surface area contributed by atoms with Gasteiger partial charge in [-0.25, -0.2) is 4.68 Å². The van der Waals surface area contributed by atoms with Crippen LogP contribution in [0.3, 0.4) is 0 Å². The summed E-state index contributed by atoms with van der Waals surface area (Å²) in [7, 11) is 0. The fourth-order valence-electron chi connectivity index (χ4n) is 5.50. The third kappa shape index (κ3) is 3.58. The Balaban J connectivity index is 1.53. The Labute approximate surface area is 197 Å². The van der Waals surface area contributed by atoms with Crippen LogP contribution < -0.4 is 10.5 Å². The maximum Gasteiger partial charge on any atom is 0.254 e. The van der Waals surface area contributed by atoms with E-state index in [1.54, 1.807) is 0 Å². The van der Waals surface area contributed by atoms with Gasteiger partial charge in [-0.1, -0.05) is 29.8 Å². The number of nitrogens with one attached hydrogen (secondary N) is 1. The Morgan fingerprint density at radius 1 is 1.21 bits per heavy atom. The number of ether oxygens (including phenoxy) is 1. The van der Waals surface area contributed by atoms with Gasteiger partial charge in [0.05, 0.1) is 18.2 Å². The summed E-state index contributed by atoms with van der Waals surface area (Å²) in [4.78, 5) is 19.0. The van der Waals surface area contributed by atoms with Crippen LogP contribution in [0.1, 0.15) is 47.0 Å². The van der Waals surface area contributed by atoms with E-state index < -0.39 is 6.04 Å². The van der Waals surface area contributed by atoms with Gasteiger partial charge in [-0.05, 0) is 78.2 Å². The van der Waals surface area contributed by atoms with E-state index in [1.807, 2.05) is 23.7 Å². The van der Waals surface area contributed by atoms with E-state index in [0.29, 0.717) is 17.9 Å². The molecule has 2 aliphatic rings. The number of rotatable bonds is 5. The number of tetrazole rings is 1. The Morgan fingerprint density at radius 3 is 2.94 bits per heavy atom. The molecule has 2 aromatic carbocycles. The smallest absolute Gasteiger partial charge is 0.254 e. The summed E-state index contributed by atoms with van der Waals surface area (Å²) in [5, 5.41) is 13.8. The largest absolute Gasteiger partial charge is 0.376 e. The number of benzene rings is 2. The molecule has 1 saturated heterocycles. The van der Waals surface area contributed by atoms with Gasteiger partial charge in [-0.15, -0.1) is 5.10 Å². The van der Waals surface area contributed by atoms with Gasteiger partial charge < -0.3 is 14.6 Å². The van der Waals surface area contributed by atoms with Crippen LogP contribution in [0.2, 0.25) is 0 Å². The van der Waals surface area contributed by atoms with Crippen LogP contribution in [0.15, 0.2) is 47.3 Å². The Morgan fingerprint density at radius 2 is 2.09 bits per heavy atom. The first kappa shape index (κ1) is 21.0. The zero-order valence-electron chi connectivity index (χ0n) is 19.5. The lowest BCUT2D eigenvalue weighted by Gasteiger charge is -2.30. The first-order chi connectivity index (χ1) is 16.6. The maximum atomic E-state index is 13.5. The molecule has 6 rings (SSSR count). The highest BCUT2D eigenvalue weighted by atomic mass is 16.5. The van der Waals surface area contributed by atoms with Crippen LogP contribution in [-0.4, -0.2) is 44.4 Å². The van der Waals surface area contributed by atoms with E-state index >= 15 is 0 Å². The van der Waals surface area contributed by atoms with Crippen molar-refractivity contribution >= 4 is 16.6 Å². The minimum Gasteiger partial charge on any atom is -0.376 e. The van der Waals surface area contributed by atoms with Crippen LogP contribution in [0.5, 0.6) is 0 Å². The van der Waals surface area contributed by atoms with Crippen molar-refractivity contribution in [2.75, 3.05) is 18.1 Å². The molecule has 1 N–H and O–H groups in total. The van der Waals surface area contributed by atoms with Crippen molar-refractivity contribution < 1.29 is 4.74 Å². The number of aromatic amines is 1. The van der Waals surface area contributed by atoms with Crippen molar-refractivity contribution in [1.29, 1.82) is 0 Å². The highest BCUT2D eigenvalue weighted by Crippen LogP contribution is 2.37. The van der Waals surface area contributed by atoms with Crippen LogP contribution in [0.4, 0.5) is 5.69 Å². The molecule has 1 fully saturated rings. The predicted molar refractivity (Wildman–Crippen MR) is 130 cm³/mol. The molecule has 2 aliphatic heterocycles. The molecule has 0 bridgehead atoms. The first-order valence-electron chi connectivity index (χ1n) is 11.9. The Bertz CT molecular complexity index is 1420. The van der Waals surface area contributed by atoms with Crippen molar-refractivity contribution in [3.05, 3.63) is 80.9 Å². The SMILES string of the molecule is Cc1cc(C)c2[nH]c(=O)c(C(c3nnnn3CC3CCCO3)N3CCc4ccccc43)cc2c1. The molecule has 0 amide bonds. The lowest BCUT2D eigenvalue weighted by atomic mass is 10.0. The second-order valence-corrected chi connectivity index (χ2v) is 9.43. The van der Waals surface area contributed by atoms with Gasteiger partial charge in [-0.3, -0.25) is 4.79 Å². The minimum absolute atomic E-state index is 0.0916. The summed E-state index contributed by atoms with van der Waals surface area (Å²) in [6, 6.07) is 14.2. The number of H-pyrrole nitrogens is 1. The van der Waals surface area contributed by atoms with E-state index in [4.69, 9.17) is 4.74 Å². The molecule has 2 atom stereocenters. The summed E-state index contributed by atoms with van der Waals surface area (Å²) >= 11 is 0. The average molecular weight is 457 g/mol. The topological polar surface area (TPSA) is 88.9 Å². The van der Waals surface area contributed by atoms with Gasteiger partial charge in [0.2, 0.25) is 0 Å². The third-order valence-corrected chi connectivity index (χ3v) is 7.06. The van der Waals surface area contributed by atoms with Gasteiger partial charge in [0, 0.05) is 24.4 Å². The van der Waals surface area contributed by atoms with Crippen molar-refractivity contribution in [1.82, 2.24) is 25.2 Å². The van der Waals surface area contributed by atoms with E-state index in [-0.39, 0.29) is 11.7 Å². The number of aryl methyl sites for hydroxylation is 2. The first-order valence-corrected chi connectivity index (χ1v) is 11.9. The molecule has 0 saturated carbocycles. The number of pyridine rings is 1. The molecular weight excluding hydrogens is 428 g/mol. The van der Waals surface area contributed by atoms with E-state index in [1.165, 1.54) is 5.56 Å². The standard InChI is InChI=1S/C26H28N6O2/c1-16-12-17(2)23-19(13-16)14-21(26(33)27-23)24(31-10-9-18-6-3-4-8-22(18)31)25-28-29-30-32(25)15-20-7-5-11-34-20/h3-4,6,8,12-14,20,24H,5,7,9-11,15H2,1-2H3,(H,27,33). The lowest BCUT2D eigenvalue weighted by Crippen LogP contribution is -2.35. The average Bonchev–Trinajstić information content (AvgIpc) is 3.58. The molecule has 2 aromatic heterocycles. The zero-order chi connectivity index (χ0) is 23.2. The molecule has 8 heteroatoms. The number of aromatic nitrogens is 5. The molecule has 0 aliphatic carbocycles. The van der Waals surface area contributed by atoms with Crippen LogP contribution in [-0.2, 0) is 17.7 Å². The number of nitrogens with zero attached hydrogens (tertiary/aromatic N) is 5. The summed E-state index contributed by atoms with van der Waals surface area (Å²) in [6.45, 7) is 6.25. The molecule has 174 valence electrons. The summed E-state index contributed by atoms with van der Waals surface area (Å²) < 4.78 is 7.68. The zero-order valence-corrected chi connectivity index (χ0v) is 19.5. The highest BCUT2D eigenvalue weighted by Gasteiger charge is 2.35. The molecule has 2 unspecified atom stereocenters. The molecule has 0 spiro atoms. The number of hydrogen-bond acceptors (Lipinski definition) is 6. The quantitative estimate of drug-likeness (QED) is 0.495. The maximum absolute atomic E-state index is 13.5. The Kier molecular flexibility index (Phi) is 5.17. The number of para-hydroxylation sites is 1. The predicted octanol–water partition coefficient (Wildman–Crippen LogP) is 3.46. The Hall–Kier alpha value is -3.52. The number of anilines is 1. The van der Waals surface area contributed by atoms with E-state index in [0.717, 1.165) is 60.1 Å². The molecule has 34 heavy (non-hydrogen) atoms. The van der Waals surface area contributed by atoms with Gasteiger partial charge in [-0.2, -0.15) is 0 Å². The molecule has 4 heterocycles. The normalized spacial score (nSPS) is 18.5. The van der Waals surface area contributed by atoms with Gasteiger partial charge in [0.1, 0.15) is 6.04 Å². The summed E-state index contributed by atoms with van der Waals surface area (Å²) in [5.74, 6) is 0.668. The fraction of sp³-hybridized carbons (Fsp3) is 0.385. The second kappa shape index (κ2) is 8.36. The van der Waals surface area contributed by atoms with E-state index in [9.17, 15) is 4.79 Å². The second-order valence-electron chi connectivity index (χ2n) is 9.43. The minimum atomic E-state index is -0.408.